The Bertz CT molecular complexity index is 440. The molecular formula is C17H28N2O. The van der Waals surface area contributed by atoms with Gasteiger partial charge in [0.1, 0.15) is 0 Å². The van der Waals surface area contributed by atoms with Gasteiger partial charge < -0.3 is 5.11 Å². The second-order valence-electron chi connectivity index (χ2n) is 6.32. The van der Waals surface area contributed by atoms with Crippen LogP contribution in [0.3, 0.4) is 0 Å². The maximum absolute atomic E-state index is 11.0. The summed E-state index contributed by atoms with van der Waals surface area (Å²) < 4.78 is 0. The molecule has 0 saturated heterocycles. The zero-order valence-corrected chi connectivity index (χ0v) is 13.3. The van der Waals surface area contributed by atoms with Crippen LogP contribution in [0.2, 0.25) is 0 Å². The maximum Gasteiger partial charge on any atom is 0.0801 e. The highest BCUT2D eigenvalue weighted by atomic mass is 16.3. The van der Waals surface area contributed by atoms with Crippen LogP contribution in [0.15, 0.2) is 18.3 Å². The minimum atomic E-state index is -0.378. The van der Waals surface area contributed by atoms with E-state index in [9.17, 15) is 5.11 Å². The summed E-state index contributed by atoms with van der Waals surface area (Å²) in [6.07, 6.45) is 4.76. The largest absolute Gasteiger partial charge is 0.391 e. The number of pyridine rings is 1. The van der Waals surface area contributed by atoms with Gasteiger partial charge in [-0.1, -0.05) is 19.9 Å². The fourth-order valence-electron chi connectivity index (χ4n) is 3.67. The van der Waals surface area contributed by atoms with Crippen molar-refractivity contribution in [1.82, 2.24) is 9.88 Å². The molecule has 20 heavy (non-hydrogen) atoms. The molecule has 0 fully saturated rings. The zero-order chi connectivity index (χ0) is 14.8. The number of nitrogens with zero attached hydrogens (tertiary/aromatic N) is 2. The highest BCUT2D eigenvalue weighted by molar-refractivity contribution is 5.27. The molecule has 2 unspecified atom stereocenters. The Morgan fingerprint density at radius 1 is 1.40 bits per heavy atom. The number of rotatable bonds is 5. The Balaban J connectivity index is 2.28. The van der Waals surface area contributed by atoms with Crippen molar-refractivity contribution in [1.29, 1.82) is 0 Å². The molecule has 112 valence electrons. The zero-order valence-electron chi connectivity index (χ0n) is 13.3. The number of hydrogen-bond acceptors (Lipinski definition) is 3. The minimum Gasteiger partial charge on any atom is -0.391 e. The molecule has 0 aliphatic heterocycles. The van der Waals surface area contributed by atoms with E-state index in [2.05, 4.69) is 43.6 Å². The second-order valence-corrected chi connectivity index (χ2v) is 6.32. The number of aryl methyl sites for hydroxylation is 1. The van der Waals surface area contributed by atoms with E-state index < -0.39 is 0 Å². The summed E-state index contributed by atoms with van der Waals surface area (Å²) in [6, 6.07) is 4.16. The summed E-state index contributed by atoms with van der Waals surface area (Å²) in [5.74, 6) is 0.163. The van der Waals surface area contributed by atoms with E-state index in [0.29, 0.717) is 0 Å². The number of fused-ring (bicyclic) bond motifs is 1. The van der Waals surface area contributed by atoms with E-state index in [-0.39, 0.29) is 17.6 Å². The van der Waals surface area contributed by atoms with Crippen LogP contribution in [0.5, 0.6) is 0 Å². The smallest absolute Gasteiger partial charge is 0.0801 e. The van der Waals surface area contributed by atoms with Crippen LogP contribution in [-0.4, -0.2) is 39.7 Å². The van der Waals surface area contributed by atoms with Gasteiger partial charge >= 0.3 is 0 Å². The molecule has 2 rings (SSSR count). The van der Waals surface area contributed by atoms with Crippen LogP contribution in [0, 0.1) is 0 Å². The fraction of sp³-hybridized carbons (Fsp3) is 0.706. The number of aromatic nitrogens is 1. The molecule has 0 saturated carbocycles. The fourth-order valence-corrected chi connectivity index (χ4v) is 3.67. The van der Waals surface area contributed by atoms with Gasteiger partial charge in [0.05, 0.1) is 6.10 Å². The monoisotopic (exact) mass is 276 g/mol. The molecule has 1 aliphatic carbocycles. The lowest BCUT2D eigenvalue weighted by molar-refractivity contribution is -0.0240. The molecule has 0 bridgehead atoms. The third-order valence-electron chi connectivity index (χ3n) is 4.92. The van der Waals surface area contributed by atoms with Crippen molar-refractivity contribution in [2.24, 2.45) is 0 Å². The van der Waals surface area contributed by atoms with Crippen molar-refractivity contribution in [3.63, 3.8) is 0 Å². The van der Waals surface area contributed by atoms with Gasteiger partial charge in [-0.25, -0.2) is 0 Å². The number of likely N-dealkylation sites (N-methyl/N-ethyl adjacent to an activating group) is 1. The quantitative estimate of drug-likeness (QED) is 0.898. The predicted octanol–water partition coefficient (Wildman–Crippen LogP) is 2.98. The Morgan fingerprint density at radius 3 is 2.75 bits per heavy atom. The summed E-state index contributed by atoms with van der Waals surface area (Å²) in [5, 5.41) is 11.0. The van der Waals surface area contributed by atoms with Gasteiger partial charge in [-0.2, -0.15) is 0 Å². The van der Waals surface area contributed by atoms with E-state index in [1.54, 1.807) is 0 Å². The lowest BCUT2D eigenvalue weighted by Gasteiger charge is -2.44. The van der Waals surface area contributed by atoms with Crippen molar-refractivity contribution < 1.29 is 5.11 Å². The summed E-state index contributed by atoms with van der Waals surface area (Å²) in [4.78, 5) is 6.91. The van der Waals surface area contributed by atoms with Gasteiger partial charge in [0.25, 0.3) is 0 Å². The predicted molar refractivity (Wildman–Crippen MR) is 82.9 cm³/mol. The summed E-state index contributed by atoms with van der Waals surface area (Å²) in [5.41, 5.74) is 2.21. The van der Waals surface area contributed by atoms with Crippen molar-refractivity contribution in [3.8, 4) is 0 Å². The van der Waals surface area contributed by atoms with Gasteiger partial charge in [-0.3, -0.25) is 9.88 Å². The van der Waals surface area contributed by atoms with Crippen molar-refractivity contribution in [3.05, 3.63) is 29.6 Å². The SMILES string of the molecule is CCN(CC)C(C)(C)C(O)C1CCCc2cccnc21. The van der Waals surface area contributed by atoms with E-state index in [1.807, 2.05) is 12.3 Å². The van der Waals surface area contributed by atoms with E-state index >= 15 is 0 Å². The Hall–Kier alpha value is -0.930. The van der Waals surface area contributed by atoms with Crippen LogP contribution >= 0.6 is 0 Å². The number of hydrogen-bond donors (Lipinski definition) is 1. The second kappa shape index (κ2) is 6.23. The topological polar surface area (TPSA) is 36.4 Å². The van der Waals surface area contributed by atoms with Gasteiger partial charge in [0.15, 0.2) is 0 Å². The number of aliphatic hydroxyl groups is 1. The summed E-state index contributed by atoms with van der Waals surface area (Å²) in [6.45, 7) is 10.5. The molecule has 1 N–H and O–H groups in total. The van der Waals surface area contributed by atoms with Crippen LogP contribution in [0.4, 0.5) is 0 Å². The van der Waals surface area contributed by atoms with Crippen molar-refractivity contribution in [2.45, 2.75) is 64.5 Å². The molecule has 1 aromatic heterocycles. The minimum absolute atomic E-state index is 0.163. The molecular weight excluding hydrogens is 248 g/mol. The van der Waals surface area contributed by atoms with Crippen molar-refractivity contribution in [2.75, 3.05) is 13.1 Å². The van der Waals surface area contributed by atoms with E-state index in [4.69, 9.17) is 0 Å². The molecule has 0 spiro atoms. The molecule has 1 aromatic rings. The average Bonchev–Trinajstić information content (AvgIpc) is 2.47. The van der Waals surface area contributed by atoms with Crippen LogP contribution < -0.4 is 0 Å². The normalized spacial score (nSPS) is 20.8. The third kappa shape index (κ3) is 2.75. The average molecular weight is 276 g/mol. The van der Waals surface area contributed by atoms with Gasteiger partial charge in [-0.05, 0) is 57.8 Å². The molecule has 1 aliphatic rings. The Kier molecular flexibility index (Phi) is 4.82. The van der Waals surface area contributed by atoms with Crippen LogP contribution in [0.1, 0.15) is 57.7 Å². The Labute approximate surface area is 123 Å². The molecule has 0 radical (unpaired) electrons. The first-order valence-corrected chi connectivity index (χ1v) is 7.89. The highest BCUT2D eigenvalue weighted by Crippen LogP contribution is 2.37. The first kappa shape index (κ1) is 15.5. The van der Waals surface area contributed by atoms with Gasteiger partial charge in [-0.15, -0.1) is 0 Å². The molecule has 0 amide bonds. The van der Waals surface area contributed by atoms with Crippen molar-refractivity contribution >= 4 is 0 Å². The van der Waals surface area contributed by atoms with Gasteiger partial charge in [0, 0.05) is 23.3 Å². The first-order valence-electron chi connectivity index (χ1n) is 7.89. The molecule has 1 heterocycles. The van der Waals surface area contributed by atoms with Crippen LogP contribution in [-0.2, 0) is 6.42 Å². The summed E-state index contributed by atoms with van der Waals surface area (Å²) in [7, 11) is 0. The Morgan fingerprint density at radius 2 is 2.10 bits per heavy atom. The van der Waals surface area contributed by atoms with Crippen LogP contribution in [0.25, 0.3) is 0 Å². The standard InChI is InChI=1S/C17H28N2O/c1-5-19(6-2)17(3,4)16(20)14-11-7-9-13-10-8-12-18-15(13)14/h8,10,12,14,16,20H,5-7,9,11H2,1-4H3. The summed E-state index contributed by atoms with van der Waals surface area (Å²) >= 11 is 0. The lowest BCUT2D eigenvalue weighted by atomic mass is 9.76. The first-order chi connectivity index (χ1) is 9.52. The van der Waals surface area contributed by atoms with Gasteiger partial charge in [0.2, 0.25) is 0 Å². The number of aliphatic hydroxyl groups excluding tert-OH is 1. The van der Waals surface area contributed by atoms with E-state index in [0.717, 1.165) is 38.0 Å². The third-order valence-corrected chi connectivity index (χ3v) is 4.92. The molecule has 3 nitrogen and oxygen atoms in total. The lowest BCUT2D eigenvalue weighted by Crippen LogP contribution is -2.54. The highest BCUT2D eigenvalue weighted by Gasteiger charge is 2.40. The molecule has 3 heteroatoms. The molecule has 2 atom stereocenters. The van der Waals surface area contributed by atoms with E-state index in [1.165, 1.54) is 5.56 Å². The molecule has 0 aromatic carbocycles. The maximum atomic E-state index is 11.0.